The molecule has 2 aromatic rings. The summed E-state index contributed by atoms with van der Waals surface area (Å²) >= 11 is 0. The van der Waals surface area contributed by atoms with E-state index < -0.39 is 17.4 Å². The van der Waals surface area contributed by atoms with Crippen LogP contribution in [0.25, 0.3) is 0 Å². The van der Waals surface area contributed by atoms with E-state index in [0.717, 1.165) is 17.0 Å². The van der Waals surface area contributed by atoms with Gasteiger partial charge in [0.1, 0.15) is 5.75 Å². The number of rotatable bonds is 3. The van der Waals surface area contributed by atoms with Gasteiger partial charge in [-0.3, -0.25) is 14.3 Å². The minimum Gasteiger partial charge on any atom is -0.466 e. The Balaban J connectivity index is 1.78. The van der Waals surface area contributed by atoms with Crippen LogP contribution in [0.2, 0.25) is 0 Å². The zero-order valence-corrected chi connectivity index (χ0v) is 14.1. The smallest absolute Gasteiger partial charge is 0.278 e. The Bertz CT molecular complexity index is 827. The number of nitrogens with one attached hydrogen (secondary N) is 2. The first-order chi connectivity index (χ1) is 11.3. The second-order valence-corrected chi connectivity index (χ2v) is 6.04. The van der Waals surface area contributed by atoms with Crippen LogP contribution in [0.5, 0.6) is 5.75 Å². The fourth-order valence-electron chi connectivity index (χ4n) is 2.73. The Morgan fingerprint density at radius 3 is 2.75 bits per heavy atom. The number of carbonyl (C=O) groups excluding carboxylic acids is 2. The molecule has 0 bridgehead atoms. The van der Waals surface area contributed by atoms with Gasteiger partial charge in [-0.25, -0.2) is 0 Å². The fourth-order valence-corrected chi connectivity index (χ4v) is 2.73. The van der Waals surface area contributed by atoms with Gasteiger partial charge in [-0.2, -0.15) is 5.10 Å². The van der Waals surface area contributed by atoms with Gasteiger partial charge in [-0.1, -0.05) is 12.1 Å². The Labute approximate surface area is 140 Å². The van der Waals surface area contributed by atoms with Crippen molar-refractivity contribution in [2.45, 2.75) is 32.9 Å². The first-order valence-electron chi connectivity index (χ1n) is 7.70. The van der Waals surface area contributed by atoms with E-state index in [2.05, 4.69) is 15.7 Å². The average Bonchev–Trinajstić information content (AvgIpc) is 2.79. The van der Waals surface area contributed by atoms with E-state index in [1.807, 2.05) is 20.9 Å². The molecule has 0 fully saturated rings. The van der Waals surface area contributed by atoms with Crippen LogP contribution in [0.15, 0.2) is 24.3 Å². The van der Waals surface area contributed by atoms with Gasteiger partial charge in [0.05, 0.1) is 11.4 Å². The third kappa shape index (κ3) is 2.51. The van der Waals surface area contributed by atoms with E-state index in [1.54, 1.807) is 28.9 Å². The molecule has 1 aliphatic heterocycles. The highest BCUT2D eigenvalue weighted by Crippen LogP contribution is 2.33. The number of anilines is 1. The van der Waals surface area contributed by atoms with Crippen molar-refractivity contribution in [3.63, 3.8) is 0 Å². The summed E-state index contributed by atoms with van der Waals surface area (Å²) in [7, 11) is 1.85. The van der Waals surface area contributed by atoms with Crippen LogP contribution in [0.4, 0.5) is 5.69 Å². The summed E-state index contributed by atoms with van der Waals surface area (Å²) in [5.41, 5.74) is 1.70. The van der Waals surface area contributed by atoms with E-state index in [4.69, 9.17) is 4.74 Å². The molecule has 0 radical (unpaired) electrons. The van der Waals surface area contributed by atoms with Crippen LogP contribution in [-0.2, 0) is 23.2 Å². The summed E-state index contributed by atoms with van der Waals surface area (Å²) in [5, 5.41) is 9.82. The van der Waals surface area contributed by atoms with Crippen LogP contribution in [0.1, 0.15) is 23.9 Å². The van der Waals surface area contributed by atoms with Gasteiger partial charge in [0, 0.05) is 24.8 Å². The van der Waals surface area contributed by atoms with Crippen molar-refractivity contribution in [2.24, 2.45) is 7.05 Å². The highest BCUT2D eigenvalue weighted by Gasteiger charge is 2.47. The van der Waals surface area contributed by atoms with Gasteiger partial charge in [0.15, 0.2) is 0 Å². The van der Waals surface area contributed by atoms with Crippen LogP contribution in [0, 0.1) is 13.8 Å². The molecule has 1 aliphatic rings. The Morgan fingerprint density at radius 1 is 1.38 bits per heavy atom. The number of amides is 2. The predicted molar refractivity (Wildman–Crippen MR) is 88.6 cm³/mol. The fraction of sp³-hybridized carbons (Fsp3) is 0.353. The van der Waals surface area contributed by atoms with Gasteiger partial charge < -0.3 is 15.4 Å². The van der Waals surface area contributed by atoms with Crippen LogP contribution in [0.3, 0.4) is 0 Å². The molecule has 0 aliphatic carbocycles. The molecule has 0 unspecified atom stereocenters. The molecule has 2 N–H and O–H groups in total. The van der Waals surface area contributed by atoms with Gasteiger partial charge in [-0.15, -0.1) is 0 Å². The molecule has 3 rings (SSSR count). The lowest BCUT2D eigenvalue weighted by molar-refractivity contribution is -0.146. The minimum absolute atomic E-state index is 0.290. The zero-order chi connectivity index (χ0) is 17.5. The number of benzene rings is 1. The highest BCUT2D eigenvalue weighted by molar-refractivity contribution is 6.15. The van der Waals surface area contributed by atoms with Crippen molar-refractivity contribution in [1.29, 1.82) is 0 Å². The van der Waals surface area contributed by atoms with Crippen molar-refractivity contribution >= 4 is 17.5 Å². The SMILES string of the molecule is Cc1nn(C)c(C)c1CNC(=O)[C@]1(C)Oc2ccccc2NC1=O. The van der Waals surface area contributed by atoms with Crippen LogP contribution >= 0.6 is 0 Å². The summed E-state index contributed by atoms with van der Waals surface area (Å²) in [6.45, 7) is 5.58. The Kier molecular flexibility index (Phi) is 3.79. The molecule has 2 heterocycles. The summed E-state index contributed by atoms with van der Waals surface area (Å²) in [6, 6.07) is 7.03. The normalized spacial score (nSPS) is 19.2. The lowest BCUT2D eigenvalue weighted by atomic mass is 10.0. The number of hydrogen-bond acceptors (Lipinski definition) is 4. The molecular weight excluding hydrogens is 308 g/mol. The van der Waals surface area contributed by atoms with E-state index >= 15 is 0 Å². The average molecular weight is 328 g/mol. The molecule has 1 atom stereocenters. The Hall–Kier alpha value is -2.83. The number of para-hydroxylation sites is 2. The largest absolute Gasteiger partial charge is 0.466 e. The van der Waals surface area contributed by atoms with E-state index in [9.17, 15) is 9.59 Å². The third-order valence-corrected chi connectivity index (χ3v) is 4.40. The number of fused-ring (bicyclic) bond motifs is 1. The molecule has 1 aromatic heterocycles. The molecule has 7 heteroatoms. The van der Waals surface area contributed by atoms with Crippen molar-refractivity contribution < 1.29 is 14.3 Å². The molecule has 7 nitrogen and oxygen atoms in total. The summed E-state index contributed by atoms with van der Waals surface area (Å²) in [5.74, 6) is -0.501. The van der Waals surface area contributed by atoms with Crippen LogP contribution < -0.4 is 15.4 Å². The van der Waals surface area contributed by atoms with Gasteiger partial charge in [0.25, 0.3) is 17.4 Å². The van der Waals surface area contributed by atoms with Crippen LogP contribution in [-0.4, -0.2) is 27.2 Å². The summed E-state index contributed by atoms with van der Waals surface area (Å²) in [4.78, 5) is 25.0. The third-order valence-electron chi connectivity index (χ3n) is 4.40. The highest BCUT2D eigenvalue weighted by atomic mass is 16.5. The van der Waals surface area contributed by atoms with Crippen molar-refractivity contribution in [3.05, 3.63) is 41.2 Å². The van der Waals surface area contributed by atoms with Crippen molar-refractivity contribution in [2.75, 3.05) is 5.32 Å². The predicted octanol–water partition coefficient (Wildman–Crippen LogP) is 1.44. The van der Waals surface area contributed by atoms with Gasteiger partial charge in [0.2, 0.25) is 0 Å². The Morgan fingerprint density at radius 2 is 2.08 bits per heavy atom. The molecule has 2 amide bonds. The zero-order valence-electron chi connectivity index (χ0n) is 14.1. The lowest BCUT2D eigenvalue weighted by Crippen LogP contribution is -2.58. The number of aryl methyl sites for hydroxylation is 2. The molecule has 0 saturated carbocycles. The maximum absolute atomic E-state index is 12.6. The second kappa shape index (κ2) is 5.67. The molecule has 0 saturated heterocycles. The number of hydrogen-bond donors (Lipinski definition) is 2. The van der Waals surface area contributed by atoms with E-state index in [-0.39, 0.29) is 6.54 Å². The quantitative estimate of drug-likeness (QED) is 0.835. The molecule has 0 spiro atoms. The topological polar surface area (TPSA) is 85.2 Å². The number of ether oxygens (including phenoxy) is 1. The molecule has 24 heavy (non-hydrogen) atoms. The standard InChI is InChI=1S/C17H20N4O3/c1-10-12(11(2)21(4)20-10)9-18-15(22)17(3)16(23)19-13-7-5-6-8-14(13)24-17/h5-8H,9H2,1-4H3,(H,18,22)(H,19,23)/t17-/m0/s1. The van der Waals surface area contributed by atoms with Crippen molar-refractivity contribution in [1.82, 2.24) is 15.1 Å². The second-order valence-electron chi connectivity index (χ2n) is 6.04. The number of carbonyl (C=O) groups is 2. The number of aromatic nitrogens is 2. The van der Waals surface area contributed by atoms with Crippen molar-refractivity contribution in [3.8, 4) is 5.75 Å². The maximum atomic E-state index is 12.6. The monoisotopic (exact) mass is 328 g/mol. The molecule has 126 valence electrons. The lowest BCUT2D eigenvalue weighted by Gasteiger charge is -2.33. The first-order valence-corrected chi connectivity index (χ1v) is 7.70. The maximum Gasteiger partial charge on any atom is 0.278 e. The number of nitrogens with zero attached hydrogens (tertiary/aromatic N) is 2. The summed E-state index contributed by atoms with van der Waals surface area (Å²) < 4.78 is 7.47. The first kappa shape index (κ1) is 16.0. The van der Waals surface area contributed by atoms with E-state index in [0.29, 0.717) is 11.4 Å². The minimum atomic E-state index is -1.61. The van der Waals surface area contributed by atoms with Gasteiger partial charge >= 0.3 is 0 Å². The van der Waals surface area contributed by atoms with E-state index in [1.165, 1.54) is 6.92 Å². The van der Waals surface area contributed by atoms with Gasteiger partial charge in [-0.05, 0) is 32.9 Å². The molecule has 1 aromatic carbocycles. The summed E-state index contributed by atoms with van der Waals surface area (Å²) in [6.07, 6.45) is 0. The molecular formula is C17H20N4O3.